The smallest absolute Gasteiger partial charge is 0.114 e. The van der Waals surface area contributed by atoms with Crippen molar-refractivity contribution in [1.82, 2.24) is 9.55 Å². The average Bonchev–Trinajstić information content (AvgIpc) is 2.86. The van der Waals surface area contributed by atoms with Crippen LogP contribution in [-0.2, 0) is 6.42 Å². The van der Waals surface area contributed by atoms with Crippen molar-refractivity contribution >= 4 is 34.2 Å². The van der Waals surface area contributed by atoms with E-state index in [-0.39, 0.29) is 0 Å². The molecule has 3 rings (SSSR count). The Balaban J connectivity index is 2.09. The van der Waals surface area contributed by atoms with Crippen molar-refractivity contribution in [3.8, 4) is 0 Å². The van der Waals surface area contributed by atoms with E-state index >= 15 is 0 Å². The molecule has 1 aromatic heterocycles. The second-order valence-electron chi connectivity index (χ2n) is 5.59. The summed E-state index contributed by atoms with van der Waals surface area (Å²) in [5.74, 6) is 1.06. The van der Waals surface area contributed by atoms with Gasteiger partial charge in [-0.25, -0.2) is 4.98 Å². The molecule has 1 unspecified atom stereocenters. The first-order valence-corrected chi connectivity index (χ1v) is 8.25. The Kier molecular flexibility index (Phi) is 4.42. The Morgan fingerprint density at radius 1 is 1.05 bits per heavy atom. The van der Waals surface area contributed by atoms with Crippen LogP contribution in [0.5, 0.6) is 0 Å². The van der Waals surface area contributed by atoms with Gasteiger partial charge in [0.05, 0.1) is 11.0 Å². The molecule has 0 aliphatic heterocycles. The summed E-state index contributed by atoms with van der Waals surface area (Å²) in [7, 11) is 0. The third-order valence-electron chi connectivity index (χ3n) is 4.03. The number of benzene rings is 2. The zero-order valence-electron chi connectivity index (χ0n) is 12.7. The molecule has 0 saturated heterocycles. The van der Waals surface area contributed by atoms with Crippen LogP contribution < -0.4 is 0 Å². The molecule has 0 saturated carbocycles. The Labute approximate surface area is 140 Å². The molecule has 0 fully saturated rings. The van der Waals surface area contributed by atoms with E-state index in [1.807, 2.05) is 30.3 Å². The maximum atomic E-state index is 6.17. The fourth-order valence-corrected chi connectivity index (χ4v) is 2.99. The summed E-state index contributed by atoms with van der Waals surface area (Å²) >= 11 is 12.1. The first-order chi connectivity index (χ1) is 10.6. The van der Waals surface area contributed by atoms with Crippen molar-refractivity contribution in [2.24, 2.45) is 0 Å². The molecule has 0 bridgehead atoms. The van der Waals surface area contributed by atoms with Crippen LogP contribution in [0.15, 0.2) is 42.5 Å². The number of aromatic nitrogens is 2. The standard InChI is InChI=1S/C18H18Cl2N2/c1-3-12(2)22-17-11-15(20)8-9-16(17)21-18(22)10-13-4-6-14(19)7-5-13/h4-9,11-12H,3,10H2,1-2H3. The third-order valence-corrected chi connectivity index (χ3v) is 4.52. The lowest BCUT2D eigenvalue weighted by molar-refractivity contribution is 0.526. The summed E-state index contributed by atoms with van der Waals surface area (Å²) in [6, 6.07) is 14.2. The molecule has 114 valence electrons. The van der Waals surface area contributed by atoms with Gasteiger partial charge in [-0.15, -0.1) is 0 Å². The highest BCUT2D eigenvalue weighted by atomic mass is 35.5. The molecule has 0 N–H and O–H groups in total. The zero-order chi connectivity index (χ0) is 15.7. The average molecular weight is 333 g/mol. The van der Waals surface area contributed by atoms with E-state index in [4.69, 9.17) is 28.2 Å². The molecule has 22 heavy (non-hydrogen) atoms. The quantitative estimate of drug-likeness (QED) is 0.581. The molecular weight excluding hydrogens is 315 g/mol. The molecule has 0 radical (unpaired) electrons. The van der Waals surface area contributed by atoms with Crippen LogP contribution in [-0.4, -0.2) is 9.55 Å². The van der Waals surface area contributed by atoms with Crippen LogP contribution >= 0.6 is 23.2 Å². The minimum atomic E-state index is 0.380. The second kappa shape index (κ2) is 6.31. The van der Waals surface area contributed by atoms with Gasteiger partial charge in [-0.3, -0.25) is 0 Å². The molecule has 1 heterocycles. The maximum absolute atomic E-state index is 6.17. The van der Waals surface area contributed by atoms with E-state index < -0.39 is 0 Å². The molecule has 3 aromatic rings. The van der Waals surface area contributed by atoms with Gasteiger partial charge in [-0.2, -0.15) is 0 Å². The number of imidazole rings is 1. The lowest BCUT2D eigenvalue weighted by Crippen LogP contribution is -2.09. The summed E-state index contributed by atoms with van der Waals surface area (Å²) in [6.45, 7) is 4.40. The van der Waals surface area contributed by atoms with Gasteiger partial charge in [0.1, 0.15) is 5.82 Å². The van der Waals surface area contributed by atoms with Crippen molar-refractivity contribution in [2.45, 2.75) is 32.7 Å². The van der Waals surface area contributed by atoms with E-state index in [2.05, 4.69) is 30.5 Å². The van der Waals surface area contributed by atoms with Gasteiger partial charge >= 0.3 is 0 Å². The van der Waals surface area contributed by atoms with Gasteiger partial charge < -0.3 is 4.57 Å². The number of fused-ring (bicyclic) bond motifs is 1. The van der Waals surface area contributed by atoms with Gasteiger partial charge in [0.15, 0.2) is 0 Å². The van der Waals surface area contributed by atoms with Crippen LogP contribution in [0, 0.1) is 0 Å². The highest BCUT2D eigenvalue weighted by Gasteiger charge is 2.15. The molecular formula is C18H18Cl2N2. The second-order valence-corrected chi connectivity index (χ2v) is 6.46. The lowest BCUT2D eigenvalue weighted by Gasteiger charge is -2.16. The summed E-state index contributed by atoms with van der Waals surface area (Å²) in [4.78, 5) is 4.81. The molecule has 1 atom stereocenters. The predicted molar refractivity (Wildman–Crippen MR) is 94.0 cm³/mol. The molecule has 0 aliphatic rings. The van der Waals surface area contributed by atoms with E-state index in [9.17, 15) is 0 Å². The molecule has 2 aromatic carbocycles. The van der Waals surface area contributed by atoms with Gasteiger partial charge in [-0.05, 0) is 49.2 Å². The number of nitrogens with zero attached hydrogens (tertiary/aromatic N) is 2. The summed E-state index contributed by atoms with van der Waals surface area (Å²) < 4.78 is 2.30. The zero-order valence-corrected chi connectivity index (χ0v) is 14.2. The van der Waals surface area contributed by atoms with Crippen molar-refractivity contribution in [2.75, 3.05) is 0 Å². The topological polar surface area (TPSA) is 17.8 Å². The first-order valence-electron chi connectivity index (χ1n) is 7.49. The number of halogens is 2. The van der Waals surface area contributed by atoms with E-state index in [0.717, 1.165) is 39.7 Å². The summed E-state index contributed by atoms with van der Waals surface area (Å²) in [5.41, 5.74) is 3.30. The molecule has 0 amide bonds. The summed E-state index contributed by atoms with van der Waals surface area (Å²) in [6.07, 6.45) is 1.83. The van der Waals surface area contributed by atoms with Crippen molar-refractivity contribution in [1.29, 1.82) is 0 Å². The van der Waals surface area contributed by atoms with E-state index in [1.54, 1.807) is 0 Å². The molecule has 0 spiro atoms. The molecule has 2 nitrogen and oxygen atoms in total. The maximum Gasteiger partial charge on any atom is 0.114 e. The fraction of sp³-hybridized carbons (Fsp3) is 0.278. The van der Waals surface area contributed by atoms with Crippen molar-refractivity contribution < 1.29 is 0 Å². The molecule has 4 heteroatoms. The monoisotopic (exact) mass is 332 g/mol. The first kappa shape index (κ1) is 15.4. The Hall–Kier alpha value is -1.51. The highest BCUT2D eigenvalue weighted by molar-refractivity contribution is 6.31. The van der Waals surface area contributed by atoms with Crippen LogP contribution in [0.1, 0.15) is 37.7 Å². The largest absolute Gasteiger partial charge is 0.325 e. The van der Waals surface area contributed by atoms with Crippen molar-refractivity contribution in [3.05, 3.63) is 63.9 Å². The lowest BCUT2D eigenvalue weighted by atomic mass is 10.1. The van der Waals surface area contributed by atoms with Gasteiger partial charge in [0.25, 0.3) is 0 Å². The Morgan fingerprint density at radius 3 is 2.41 bits per heavy atom. The van der Waals surface area contributed by atoms with Crippen LogP contribution in [0.2, 0.25) is 10.0 Å². The van der Waals surface area contributed by atoms with E-state index in [1.165, 1.54) is 5.56 Å². The van der Waals surface area contributed by atoms with Crippen LogP contribution in [0.25, 0.3) is 11.0 Å². The van der Waals surface area contributed by atoms with Gasteiger partial charge in [0.2, 0.25) is 0 Å². The Morgan fingerprint density at radius 2 is 1.73 bits per heavy atom. The third kappa shape index (κ3) is 2.99. The summed E-state index contributed by atoms with van der Waals surface area (Å²) in [5, 5.41) is 1.50. The van der Waals surface area contributed by atoms with E-state index in [0.29, 0.717) is 6.04 Å². The van der Waals surface area contributed by atoms with Gasteiger partial charge in [-0.1, -0.05) is 42.3 Å². The van der Waals surface area contributed by atoms with Crippen molar-refractivity contribution in [3.63, 3.8) is 0 Å². The SMILES string of the molecule is CCC(C)n1c(Cc2ccc(Cl)cc2)nc2ccc(Cl)cc21. The van der Waals surface area contributed by atoms with Crippen LogP contribution in [0.4, 0.5) is 0 Å². The van der Waals surface area contributed by atoms with Crippen LogP contribution in [0.3, 0.4) is 0 Å². The number of rotatable bonds is 4. The Bertz CT molecular complexity index is 791. The number of hydrogen-bond donors (Lipinski definition) is 0. The minimum Gasteiger partial charge on any atom is -0.325 e. The predicted octanol–water partition coefficient (Wildman–Crippen LogP) is 5.90. The highest BCUT2D eigenvalue weighted by Crippen LogP contribution is 2.27. The minimum absolute atomic E-state index is 0.380. The van der Waals surface area contributed by atoms with Gasteiger partial charge in [0, 0.05) is 22.5 Å². The molecule has 0 aliphatic carbocycles. The normalized spacial score (nSPS) is 12.7. The number of hydrogen-bond acceptors (Lipinski definition) is 1. The fourth-order valence-electron chi connectivity index (χ4n) is 2.70.